The number of rotatable bonds is 7. The van der Waals surface area contributed by atoms with Crippen LogP contribution in [0.1, 0.15) is 29.9 Å². The molecule has 0 aliphatic heterocycles. The van der Waals surface area contributed by atoms with Gasteiger partial charge in [-0.3, -0.25) is 14.4 Å². The number of aromatic nitrogens is 3. The number of likely N-dealkylation sites (N-methyl/N-ethyl adjacent to an activating group) is 1. The zero-order chi connectivity index (χ0) is 19.6. The van der Waals surface area contributed by atoms with Crippen molar-refractivity contribution in [2.45, 2.75) is 20.8 Å². The third-order valence-corrected chi connectivity index (χ3v) is 5.84. The molecule has 6 nitrogen and oxygen atoms in total. The van der Waals surface area contributed by atoms with Crippen LogP contribution in [0, 0.1) is 6.92 Å². The number of hydrogen-bond donors (Lipinski definition) is 0. The van der Waals surface area contributed by atoms with Gasteiger partial charge in [0, 0.05) is 36.9 Å². The number of anilines is 1. The lowest BCUT2D eigenvalue weighted by molar-refractivity contribution is 0.0977. The molecule has 0 saturated heterocycles. The molecule has 0 fully saturated rings. The molecule has 27 heavy (non-hydrogen) atoms. The van der Waals surface area contributed by atoms with E-state index in [0.717, 1.165) is 35.4 Å². The fraction of sp³-hybridized carbons (Fsp3) is 0.421. The number of carbonyl (C=O) groups is 1. The standard InChI is InChI=1S/C19H24ClN5OS/c1-5-24(6-2)9-10-25(18(26)17-13(3)12-23(4)22-17)19-21-15-8-7-14(20)11-16(15)27-19/h7-8,11-12H,5-6,9-10H2,1-4H3. The Hall–Kier alpha value is -1.96. The quantitative estimate of drug-likeness (QED) is 0.596. The van der Waals surface area contributed by atoms with Gasteiger partial charge < -0.3 is 4.90 Å². The van der Waals surface area contributed by atoms with Gasteiger partial charge in [-0.1, -0.05) is 36.8 Å². The summed E-state index contributed by atoms with van der Waals surface area (Å²) in [5, 5.41) is 5.70. The molecule has 3 aromatic rings. The second-order valence-electron chi connectivity index (χ2n) is 6.43. The van der Waals surface area contributed by atoms with Gasteiger partial charge in [-0.15, -0.1) is 0 Å². The van der Waals surface area contributed by atoms with E-state index in [9.17, 15) is 4.79 Å². The van der Waals surface area contributed by atoms with Crippen LogP contribution in [0.5, 0.6) is 0 Å². The van der Waals surface area contributed by atoms with Crippen LogP contribution >= 0.6 is 22.9 Å². The van der Waals surface area contributed by atoms with Crippen LogP contribution < -0.4 is 4.90 Å². The maximum atomic E-state index is 13.3. The minimum atomic E-state index is -0.120. The second kappa shape index (κ2) is 8.37. The Kier molecular flexibility index (Phi) is 6.14. The topological polar surface area (TPSA) is 54.3 Å². The Balaban J connectivity index is 1.97. The minimum absolute atomic E-state index is 0.120. The normalized spacial score (nSPS) is 11.5. The summed E-state index contributed by atoms with van der Waals surface area (Å²) in [5.74, 6) is -0.120. The highest BCUT2D eigenvalue weighted by Gasteiger charge is 2.25. The van der Waals surface area contributed by atoms with Crippen molar-refractivity contribution >= 4 is 44.2 Å². The van der Waals surface area contributed by atoms with Crippen LogP contribution in [-0.2, 0) is 7.05 Å². The second-order valence-corrected chi connectivity index (χ2v) is 7.87. The number of nitrogens with zero attached hydrogens (tertiary/aromatic N) is 5. The molecule has 1 amide bonds. The van der Waals surface area contributed by atoms with E-state index in [2.05, 4.69) is 28.8 Å². The fourth-order valence-corrected chi connectivity index (χ4v) is 4.28. The Morgan fingerprint density at radius 2 is 2.00 bits per heavy atom. The van der Waals surface area contributed by atoms with Crippen LogP contribution in [0.2, 0.25) is 5.02 Å². The Labute approximate surface area is 168 Å². The first-order chi connectivity index (χ1) is 12.9. The van der Waals surface area contributed by atoms with E-state index >= 15 is 0 Å². The molecular weight excluding hydrogens is 382 g/mol. The molecule has 0 aliphatic carbocycles. The summed E-state index contributed by atoms with van der Waals surface area (Å²) < 4.78 is 2.64. The number of benzene rings is 1. The molecule has 0 aliphatic rings. The van der Waals surface area contributed by atoms with Gasteiger partial charge in [0.1, 0.15) is 0 Å². The highest BCUT2D eigenvalue weighted by molar-refractivity contribution is 7.22. The molecule has 0 N–H and O–H groups in total. The number of carbonyl (C=O) groups excluding carboxylic acids is 1. The largest absolute Gasteiger partial charge is 0.302 e. The zero-order valence-corrected chi connectivity index (χ0v) is 17.6. The van der Waals surface area contributed by atoms with Crippen LogP contribution in [0.3, 0.4) is 0 Å². The highest BCUT2D eigenvalue weighted by atomic mass is 35.5. The summed E-state index contributed by atoms with van der Waals surface area (Å²) >= 11 is 7.59. The van der Waals surface area contributed by atoms with E-state index in [-0.39, 0.29) is 5.91 Å². The van der Waals surface area contributed by atoms with Gasteiger partial charge in [-0.2, -0.15) is 5.10 Å². The summed E-state index contributed by atoms with van der Waals surface area (Å²) in [5.41, 5.74) is 2.17. The summed E-state index contributed by atoms with van der Waals surface area (Å²) in [6.45, 7) is 9.37. The molecule has 8 heteroatoms. The number of halogens is 1. The molecule has 0 unspecified atom stereocenters. The van der Waals surface area contributed by atoms with Gasteiger partial charge in [0.05, 0.1) is 10.2 Å². The van der Waals surface area contributed by atoms with E-state index < -0.39 is 0 Å². The van der Waals surface area contributed by atoms with Crippen LogP contribution in [0.4, 0.5) is 5.13 Å². The third kappa shape index (κ3) is 4.31. The van der Waals surface area contributed by atoms with Gasteiger partial charge in [0.25, 0.3) is 5.91 Å². The van der Waals surface area contributed by atoms with Crippen molar-refractivity contribution in [1.82, 2.24) is 19.7 Å². The van der Waals surface area contributed by atoms with Crippen molar-refractivity contribution < 1.29 is 4.79 Å². The number of thiazole rings is 1. The Morgan fingerprint density at radius 1 is 1.26 bits per heavy atom. The van der Waals surface area contributed by atoms with Crippen molar-refractivity contribution in [3.8, 4) is 0 Å². The number of aryl methyl sites for hydroxylation is 2. The molecule has 0 atom stereocenters. The van der Waals surface area contributed by atoms with Gasteiger partial charge >= 0.3 is 0 Å². The van der Waals surface area contributed by atoms with Gasteiger partial charge in [0.15, 0.2) is 10.8 Å². The van der Waals surface area contributed by atoms with Crippen molar-refractivity contribution in [3.05, 3.63) is 40.7 Å². The molecule has 2 heterocycles. The molecule has 144 valence electrons. The monoisotopic (exact) mass is 405 g/mol. The maximum Gasteiger partial charge on any atom is 0.280 e. The van der Waals surface area contributed by atoms with Crippen LogP contribution in [0.25, 0.3) is 10.2 Å². The first-order valence-corrected chi connectivity index (χ1v) is 10.2. The number of amides is 1. The zero-order valence-electron chi connectivity index (χ0n) is 16.1. The first-order valence-electron chi connectivity index (χ1n) is 9.03. The molecule has 0 bridgehead atoms. The maximum absolute atomic E-state index is 13.3. The molecule has 2 aromatic heterocycles. The highest BCUT2D eigenvalue weighted by Crippen LogP contribution is 2.31. The van der Waals surface area contributed by atoms with Gasteiger partial charge in [-0.25, -0.2) is 4.98 Å². The fourth-order valence-electron chi connectivity index (χ4n) is 3.01. The predicted octanol–water partition coefficient (Wildman–Crippen LogP) is 3.98. The van der Waals surface area contributed by atoms with Crippen molar-refractivity contribution in [2.24, 2.45) is 7.05 Å². The lowest BCUT2D eigenvalue weighted by Gasteiger charge is -2.24. The van der Waals surface area contributed by atoms with Crippen LogP contribution in [-0.4, -0.2) is 51.8 Å². The first kappa shape index (κ1) is 19.8. The molecule has 0 radical (unpaired) electrons. The summed E-state index contributed by atoms with van der Waals surface area (Å²) in [6, 6.07) is 5.59. The molecule has 0 saturated carbocycles. The summed E-state index contributed by atoms with van der Waals surface area (Å²) in [7, 11) is 1.82. The number of fused-ring (bicyclic) bond motifs is 1. The number of hydrogen-bond acceptors (Lipinski definition) is 5. The van der Waals surface area contributed by atoms with E-state index in [4.69, 9.17) is 11.6 Å². The predicted molar refractivity (Wildman–Crippen MR) is 112 cm³/mol. The van der Waals surface area contributed by atoms with E-state index in [1.54, 1.807) is 9.58 Å². The third-order valence-electron chi connectivity index (χ3n) is 4.56. The van der Waals surface area contributed by atoms with Crippen molar-refractivity contribution in [2.75, 3.05) is 31.1 Å². The minimum Gasteiger partial charge on any atom is -0.302 e. The molecule has 1 aromatic carbocycles. The average molecular weight is 406 g/mol. The van der Waals surface area contributed by atoms with Gasteiger partial charge in [0.2, 0.25) is 0 Å². The van der Waals surface area contributed by atoms with Crippen molar-refractivity contribution in [3.63, 3.8) is 0 Å². The lowest BCUT2D eigenvalue weighted by atomic mass is 10.2. The average Bonchev–Trinajstić information content (AvgIpc) is 3.20. The van der Waals surface area contributed by atoms with E-state index in [1.807, 2.05) is 38.4 Å². The summed E-state index contributed by atoms with van der Waals surface area (Å²) in [4.78, 5) is 22.0. The summed E-state index contributed by atoms with van der Waals surface area (Å²) in [6.07, 6.45) is 1.86. The van der Waals surface area contributed by atoms with Gasteiger partial charge in [-0.05, 0) is 38.2 Å². The smallest absolute Gasteiger partial charge is 0.280 e. The molecule has 0 spiro atoms. The van der Waals surface area contributed by atoms with Crippen molar-refractivity contribution in [1.29, 1.82) is 0 Å². The van der Waals surface area contributed by atoms with E-state index in [1.165, 1.54) is 11.3 Å². The Bertz CT molecular complexity index is 947. The molecular formula is C19H24ClN5OS. The Morgan fingerprint density at radius 3 is 2.63 bits per heavy atom. The van der Waals surface area contributed by atoms with Crippen LogP contribution in [0.15, 0.2) is 24.4 Å². The lowest BCUT2D eigenvalue weighted by Crippen LogP contribution is -2.39. The van der Waals surface area contributed by atoms with E-state index in [0.29, 0.717) is 22.4 Å². The SMILES string of the molecule is CCN(CC)CCN(C(=O)c1nn(C)cc1C)c1nc2ccc(Cl)cc2s1. The molecule has 3 rings (SSSR count).